The zero-order valence-electron chi connectivity index (χ0n) is 15.4. The zero-order chi connectivity index (χ0) is 18.6. The number of piperazine rings is 1. The van der Waals surface area contributed by atoms with Crippen LogP contribution in [0.5, 0.6) is 0 Å². The molecule has 1 atom stereocenters. The third kappa shape index (κ3) is 4.27. The van der Waals surface area contributed by atoms with Gasteiger partial charge in [0.25, 0.3) is 0 Å². The van der Waals surface area contributed by atoms with Gasteiger partial charge in [-0.15, -0.1) is 0 Å². The highest BCUT2D eigenvalue weighted by molar-refractivity contribution is 5.80. The predicted octanol–water partition coefficient (Wildman–Crippen LogP) is 1.19. The van der Waals surface area contributed by atoms with Gasteiger partial charge in [0.15, 0.2) is 0 Å². The van der Waals surface area contributed by atoms with E-state index >= 15 is 0 Å². The van der Waals surface area contributed by atoms with Crippen LogP contribution in [-0.2, 0) is 4.79 Å². The lowest BCUT2D eigenvalue weighted by Crippen LogP contribution is -3.15. The highest BCUT2D eigenvalue weighted by Crippen LogP contribution is 2.28. The number of rotatable bonds is 6. The molecule has 0 bridgehead atoms. The number of nitrogens with one attached hydrogen (secondary N) is 2. The summed E-state index contributed by atoms with van der Waals surface area (Å²) in [6, 6.07) is 11.2. The van der Waals surface area contributed by atoms with Crippen LogP contribution in [0, 0.1) is 11.7 Å². The molecule has 1 unspecified atom stereocenters. The molecule has 1 aliphatic carbocycles. The lowest BCUT2D eigenvalue weighted by atomic mass is 10.1. The van der Waals surface area contributed by atoms with E-state index in [1.54, 1.807) is 12.3 Å². The van der Waals surface area contributed by atoms with Crippen molar-refractivity contribution in [3.05, 3.63) is 60.2 Å². The van der Waals surface area contributed by atoms with E-state index in [-0.39, 0.29) is 23.7 Å². The van der Waals surface area contributed by atoms with Gasteiger partial charge in [0.1, 0.15) is 11.9 Å². The van der Waals surface area contributed by atoms with Crippen LogP contribution in [0.2, 0.25) is 0 Å². The van der Waals surface area contributed by atoms with Gasteiger partial charge in [-0.05, 0) is 37.1 Å². The van der Waals surface area contributed by atoms with E-state index in [9.17, 15) is 9.18 Å². The minimum atomic E-state index is -0.165. The number of anilines is 1. The summed E-state index contributed by atoms with van der Waals surface area (Å²) in [4.78, 5) is 19.9. The van der Waals surface area contributed by atoms with E-state index in [4.69, 9.17) is 0 Å². The first-order valence-corrected chi connectivity index (χ1v) is 9.74. The molecule has 6 heteroatoms. The number of carbonyl (C=O) groups excluding carboxylic acids is 1. The van der Waals surface area contributed by atoms with Gasteiger partial charge in [0.2, 0.25) is 5.91 Å². The second-order valence-corrected chi connectivity index (χ2v) is 7.46. The summed E-state index contributed by atoms with van der Waals surface area (Å²) in [7, 11) is 0. The van der Waals surface area contributed by atoms with Crippen molar-refractivity contribution >= 4 is 11.6 Å². The van der Waals surface area contributed by atoms with Gasteiger partial charge in [0.05, 0.1) is 38.4 Å². The number of amides is 1. The molecule has 2 heterocycles. The van der Waals surface area contributed by atoms with E-state index < -0.39 is 0 Å². The summed E-state index contributed by atoms with van der Waals surface area (Å²) in [6.45, 7) is 4.00. The monoisotopic (exact) mass is 369 g/mol. The van der Waals surface area contributed by atoms with E-state index in [1.165, 1.54) is 11.0 Å². The SMILES string of the molecule is O=C(NCC(c1cccnc1)[NH+]1CCN(c2ccccc2F)CC1)C1CC1. The molecule has 2 N–H and O–H groups in total. The third-order valence-corrected chi connectivity index (χ3v) is 5.61. The molecule has 1 amide bonds. The Balaban J connectivity index is 1.43. The molecule has 5 nitrogen and oxygen atoms in total. The van der Waals surface area contributed by atoms with Crippen LogP contribution in [0.25, 0.3) is 0 Å². The van der Waals surface area contributed by atoms with Gasteiger partial charge in [-0.25, -0.2) is 4.39 Å². The molecule has 0 spiro atoms. The average molecular weight is 369 g/mol. The Morgan fingerprint density at radius 3 is 2.67 bits per heavy atom. The fraction of sp³-hybridized carbons (Fsp3) is 0.429. The largest absolute Gasteiger partial charge is 0.358 e. The maximum absolute atomic E-state index is 14.1. The first-order chi connectivity index (χ1) is 13.2. The van der Waals surface area contributed by atoms with Crippen LogP contribution in [0.1, 0.15) is 24.4 Å². The molecule has 1 aliphatic heterocycles. The van der Waals surface area contributed by atoms with Crippen molar-refractivity contribution in [2.75, 3.05) is 37.6 Å². The van der Waals surface area contributed by atoms with Crippen LogP contribution in [0.4, 0.5) is 10.1 Å². The van der Waals surface area contributed by atoms with Gasteiger partial charge < -0.3 is 15.1 Å². The Hall–Kier alpha value is -2.47. The van der Waals surface area contributed by atoms with Gasteiger partial charge in [-0.1, -0.05) is 12.1 Å². The van der Waals surface area contributed by atoms with Gasteiger partial charge in [-0.3, -0.25) is 9.78 Å². The minimum Gasteiger partial charge on any atom is -0.358 e. The lowest BCUT2D eigenvalue weighted by Gasteiger charge is -2.37. The van der Waals surface area contributed by atoms with Crippen LogP contribution in [0.3, 0.4) is 0 Å². The first-order valence-electron chi connectivity index (χ1n) is 9.74. The zero-order valence-corrected chi connectivity index (χ0v) is 15.4. The molecule has 4 rings (SSSR count). The molecule has 1 saturated heterocycles. The number of benzene rings is 1. The lowest BCUT2D eigenvalue weighted by molar-refractivity contribution is -0.931. The molecule has 0 radical (unpaired) electrons. The second kappa shape index (κ2) is 8.05. The number of carbonyl (C=O) groups is 1. The highest BCUT2D eigenvalue weighted by atomic mass is 19.1. The second-order valence-electron chi connectivity index (χ2n) is 7.46. The molecule has 2 aromatic rings. The quantitative estimate of drug-likeness (QED) is 0.804. The first kappa shape index (κ1) is 17.9. The van der Waals surface area contributed by atoms with E-state index in [0.29, 0.717) is 12.2 Å². The Labute approximate surface area is 159 Å². The van der Waals surface area contributed by atoms with E-state index in [2.05, 4.69) is 21.3 Å². The molecule has 2 aliphatic rings. The van der Waals surface area contributed by atoms with Gasteiger partial charge >= 0.3 is 0 Å². The van der Waals surface area contributed by atoms with Crippen LogP contribution in [-0.4, -0.2) is 43.6 Å². The molecular formula is C21H26FN4O+. The van der Waals surface area contributed by atoms with Crippen molar-refractivity contribution in [1.29, 1.82) is 0 Å². The number of hydrogen-bond acceptors (Lipinski definition) is 3. The normalized spacial score (nSPS) is 18.9. The van der Waals surface area contributed by atoms with Crippen LogP contribution < -0.4 is 15.1 Å². The molecule has 27 heavy (non-hydrogen) atoms. The maximum atomic E-state index is 14.1. The average Bonchev–Trinajstić information content (AvgIpc) is 3.55. The van der Waals surface area contributed by atoms with E-state index in [0.717, 1.165) is 44.6 Å². The third-order valence-electron chi connectivity index (χ3n) is 5.61. The number of hydrogen-bond donors (Lipinski definition) is 2. The molecule has 1 saturated carbocycles. The molecule has 1 aromatic heterocycles. The fourth-order valence-electron chi connectivity index (χ4n) is 3.86. The summed E-state index contributed by atoms with van der Waals surface area (Å²) >= 11 is 0. The van der Waals surface area contributed by atoms with Crippen molar-refractivity contribution in [2.45, 2.75) is 18.9 Å². The number of halogens is 1. The highest BCUT2D eigenvalue weighted by Gasteiger charge is 2.33. The van der Waals surface area contributed by atoms with Crippen molar-refractivity contribution in [1.82, 2.24) is 10.3 Å². The summed E-state index contributed by atoms with van der Waals surface area (Å²) < 4.78 is 14.1. The fourth-order valence-corrected chi connectivity index (χ4v) is 3.86. The van der Waals surface area contributed by atoms with Crippen molar-refractivity contribution in [3.63, 3.8) is 0 Å². The Kier molecular flexibility index (Phi) is 5.34. The predicted molar refractivity (Wildman–Crippen MR) is 102 cm³/mol. The number of nitrogens with zero attached hydrogens (tertiary/aromatic N) is 2. The maximum Gasteiger partial charge on any atom is 0.223 e. The van der Waals surface area contributed by atoms with Crippen LogP contribution in [0.15, 0.2) is 48.8 Å². The van der Waals surface area contributed by atoms with Gasteiger partial charge in [-0.2, -0.15) is 0 Å². The van der Waals surface area contributed by atoms with E-state index in [1.807, 2.05) is 24.4 Å². The Bertz CT molecular complexity index is 773. The minimum absolute atomic E-state index is 0.165. The number of pyridine rings is 1. The topological polar surface area (TPSA) is 49.7 Å². The summed E-state index contributed by atoms with van der Waals surface area (Å²) in [5.41, 5.74) is 1.82. The number of aromatic nitrogens is 1. The van der Waals surface area contributed by atoms with Crippen molar-refractivity contribution in [3.8, 4) is 0 Å². The Morgan fingerprint density at radius 1 is 1.22 bits per heavy atom. The molecule has 2 fully saturated rings. The summed E-state index contributed by atoms with van der Waals surface area (Å²) in [5.74, 6) is 0.224. The number of quaternary nitrogens is 1. The molecule has 1 aromatic carbocycles. The van der Waals surface area contributed by atoms with Gasteiger partial charge in [0, 0.05) is 23.9 Å². The Morgan fingerprint density at radius 2 is 2.00 bits per heavy atom. The van der Waals surface area contributed by atoms with Crippen molar-refractivity contribution < 1.29 is 14.1 Å². The van der Waals surface area contributed by atoms with Crippen LogP contribution >= 0.6 is 0 Å². The summed E-state index contributed by atoms with van der Waals surface area (Å²) in [5, 5.41) is 3.13. The standard InChI is InChI=1S/C21H25FN4O/c22-18-5-1-2-6-19(18)25-10-12-26(13-11-25)20(17-4-3-9-23-14-17)15-24-21(27)16-7-8-16/h1-6,9,14,16,20H,7-8,10-13,15H2,(H,24,27)/p+1. The molecular weight excluding hydrogens is 343 g/mol. The van der Waals surface area contributed by atoms with Crippen molar-refractivity contribution in [2.24, 2.45) is 5.92 Å². The summed E-state index contributed by atoms with van der Waals surface area (Å²) in [6.07, 6.45) is 5.69. The smallest absolute Gasteiger partial charge is 0.223 e. The molecule has 142 valence electrons. The number of para-hydroxylation sites is 1.